The van der Waals surface area contributed by atoms with Crippen molar-refractivity contribution in [3.63, 3.8) is 0 Å². The number of nitrogens with one attached hydrogen (secondary N) is 2. The fourth-order valence-electron chi connectivity index (χ4n) is 3.93. The number of aryl methyl sites for hydroxylation is 1. The van der Waals surface area contributed by atoms with E-state index in [-0.39, 0.29) is 13.2 Å². The molecule has 11 heteroatoms. The third-order valence-electron chi connectivity index (χ3n) is 5.79. The van der Waals surface area contributed by atoms with Gasteiger partial charge in [0.2, 0.25) is 0 Å². The van der Waals surface area contributed by atoms with Crippen molar-refractivity contribution in [2.45, 2.75) is 19.9 Å². The molecule has 0 aliphatic heterocycles. The van der Waals surface area contributed by atoms with Crippen molar-refractivity contribution >= 4 is 29.1 Å². The second-order valence-electron chi connectivity index (χ2n) is 8.36. The molecule has 3 aromatic heterocycles. The van der Waals surface area contributed by atoms with Crippen LogP contribution in [-0.4, -0.2) is 52.9 Å². The Hall–Kier alpha value is -4.90. The molecule has 0 saturated carbocycles. The van der Waals surface area contributed by atoms with E-state index in [0.29, 0.717) is 29.4 Å². The molecule has 5 aromatic rings. The summed E-state index contributed by atoms with van der Waals surface area (Å²) in [6.07, 6.45) is 4.03. The molecular weight excluding hydrogens is 472 g/mol. The molecule has 2 amide bonds. The summed E-state index contributed by atoms with van der Waals surface area (Å²) >= 11 is 0. The van der Waals surface area contributed by atoms with Crippen LogP contribution in [0.3, 0.4) is 0 Å². The summed E-state index contributed by atoms with van der Waals surface area (Å²) in [5.41, 5.74) is 3.98. The summed E-state index contributed by atoms with van der Waals surface area (Å²) in [5.74, 6) is -0.0845. The van der Waals surface area contributed by atoms with E-state index in [0.717, 1.165) is 22.5 Å². The first kappa shape index (κ1) is 23.8. The van der Waals surface area contributed by atoms with Crippen LogP contribution in [0.4, 0.5) is 11.5 Å². The van der Waals surface area contributed by atoms with Gasteiger partial charge in [-0.25, -0.2) is 9.67 Å². The Bertz CT molecular complexity index is 1570. The number of rotatable bonds is 7. The molecule has 0 atom stereocenters. The van der Waals surface area contributed by atoms with Crippen LogP contribution in [0.5, 0.6) is 0 Å². The summed E-state index contributed by atoms with van der Waals surface area (Å²) in [7, 11) is 0. The average Bonchev–Trinajstić information content (AvgIpc) is 3.49. The number of aliphatic hydroxyl groups is 1. The van der Waals surface area contributed by atoms with Gasteiger partial charge in [-0.2, -0.15) is 5.10 Å². The number of fused-ring (bicyclic) bond motifs is 1. The minimum atomic E-state index is -0.845. The smallest absolute Gasteiger partial charge is 0.315 e. The molecule has 0 radical (unpaired) electrons. The van der Waals surface area contributed by atoms with Crippen molar-refractivity contribution in [3.8, 4) is 11.3 Å². The van der Waals surface area contributed by atoms with E-state index in [1.165, 1.54) is 4.68 Å². The van der Waals surface area contributed by atoms with Crippen LogP contribution in [0.15, 0.2) is 73.1 Å². The van der Waals surface area contributed by atoms with Gasteiger partial charge in [0.1, 0.15) is 11.6 Å². The largest absolute Gasteiger partial charge is 0.394 e. The molecule has 0 bridgehead atoms. The first-order valence-corrected chi connectivity index (χ1v) is 11.6. The molecule has 0 fully saturated rings. The zero-order valence-corrected chi connectivity index (χ0v) is 20.0. The highest BCUT2D eigenvalue weighted by Gasteiger charge is 2.18. The molecular formula is C26H24N8O3. The van der Waals surface area contributed by atoms with Crippen LogP contribution < -0.4 is 10.6 Å². The fraction of sp³-hybridized carbons (Fsp3) is 0.154. The summed E-state index contributed by atoms with van der Waals surface area (Å²) < 4.78 is 3.28. The molecule has 3 heterocycles. The van der Waals surface area contributed by atoms with E-state index in [2.05, 4.69) is 30.9 Å². The van der Waals surface area contributed by atoms with E-state index in [1.54, 1.807) is 24.4 Å². The van der Waals surface area contributed by atoms with Crippen molar-refractivity contribution in [1.29, 1.82) is 0 Å². The van der Waals surface area contributed by atoms with E-state index < -0.39 is 11.8 Å². The minimum absolute atomic E-state index is 0.169. The molecule has 0 spiro atoms. The maximum absolute atomic E-state index is 12.6. The van der Waals surface area contributed by atoms with Crippen molar-refractivity contribution in [2.75, 3.05) is 17.2 Å². The monoisotopic (exact) mass is 496 g/mol. The second kappa shape index (κ2) is 10.4. The number of benzene rings is 2. The number of carbonyl (C=O) groups excluding carboxylic acids is 2. The molecule has 5 rings (SSSR count). The fourth-order valence-corrected chi connectivity index (χ4v) is 3.93. The van der Waals surface area contributed by atoms with Gasteiger partial charge in [-0.05, 0) is 36.2 Å². The second-order valence-corrected chi connectivity index (χ2v) is 8.36. The van der Waals surface area contributed by atoms with Crippen molar-refractivity contribution < 1.29 is 14.7 Å². The highest BCUT2D eigenvalue weighted by Crippen LogP contribution is 2.25. The van der Waals surface area contributed by atoms with Crippen LogP contribution >= 0.6 is 0 Å². The number of aliphatic hydroxyl groups excluding tert-OH is 1. The molecule has 2 aromatic carbocycles. The van der Waals surface area contributed by atoms with Crippen molar-refractivity contribution in [1.82, 2.24) is 29.4 Å². The van der Waals surface area contributed by atoms with E-state index >= 15 is 0 Å². The molecule has 11 nitrogen and oxygen atoms in total. The van der Waals surface area contributed by atoms with Gasteiger partial charge in [0.25, 0.3) is 5.78 Å². The Morgan fingerprint density at radius 2 is 1.76 bits per heavy atom. The molecule has 37 heavy (non-hydrogen) atoms. The first-order valence-electron chi connectivity index (χ1n) is 11.6. The van der Waals surface area contributed by atoms with Crippen LogP contribution in [0.2, 0.25) is 0 Å². The van der Waals surface area contributed by atoms with Gasteiger partial charge < -0.3 is 15.7 Å². The SMILES string of the molecule is Cc1ccccc1-c1cc(NC(=O)C(=O)Nc2ccc(Cc3nnc4ncccn34)cc2)n(CCO)n1. The summed E-state index contributed by atoms with van der Waals surface area (Å²) in [6.45, 7) is 1.96. The van der Waals surface area contributed by atoms with Gasteiger partial charge in [0.05, 0.1) is 18.8 Å². The Morgan fingerprint density at radius 1 is 0.973 bits per heavy atom. The number of carbonyl (C=O) groups is 2. The Balaban J connectivity index is 1.25. The predicted molar refractivity (Wildman–Crippen MR) is 137 cm³/mol. The van der Waals surface area contributed by atoms with E-state index in [1.807, 2.05) is 60.0 Å². The third kappa shape index (κ3) is 5.21. The van der Waals surface area contributed by atoms with Gasteiger partial charge >= 0.3 is 11.8 Å². The number of amides is 2. The predicted octanol–water partition coefficient (Wildman–Crippen LogP) is 2.46. The van der Waals surface area contributed by atoms with Gasteiger partial charge in [-0.1, -0.05) is 36.4 Å². The lowest BCUT2D eigenvalue weighted by Gasteiger charge is -2.09. The number of hydrogen-bond acceptors (Lipinski definition) is 7. The van der Waals surface area contributed by atoms with Crippen molar-refractivity contribution in [2.24, 2.45) is 0 Å². The lowest BCUT2D eigenvalue weighted by molar-refractivity contribution is -0.133. The van der Waals surface area contributed by atoms with Crippen LogP contribution in [0.25, 0.3) is 17.0 Å². The van der Waals surface area contributed by atoms with E-state index in [4.69, 9.17) is 0 Å². The lowest BCUT2D eigenvalue weighted by Crippen LogP contribution is -2.30. The normalized spacial score (nSPS) is 11.0. The standard InChI is InChI=1S/C26H24N8O3/c1-17-5-2-3-6-20(17)21-16-22(34(32-21)13-14-35)29-25(37)24(36)28-19-9-7-18(8-10-19)15-23-30-31-26-27-11-4-12-33(23)26/h2-12,16,35H,13-15H2,1H3,(H,28,36)(H,29,37). The molecule has 0 saturated heterocycles. The van der Waals surface area contributed by atoms with Gasteiger partial charge in [0.15, 0.2) is 0 Å². The Labute approximate surface area is 211 Å². The minimum Gasteiger partial charge on any atom is -0.394 e. The summed E-state index contributed by atoms with van der Waals surface area (Å²) in [4.78, 5) is 29.4. The third-order valence-corrected chi connectivity index (χ3v) is 5.79. The van der Waals surface area contributed by atoms with Crippen molar-refractivity contribution in [3.05, 3.63) is 90.0 Å². The van der Waals surface area contributed by atoms with Crippen LogP contribution in [-0.2, 0) is 22.6 Å². The molecule has 0 aliphatic rings. The first-order chi connectivity index (χ1) is 18.0. The maximum atomic E-state index is 12.6. The number of anilines is 2. The highest BCUT2D eigenvalue weighted by molar-refractivity contribution is 6.43. The zero-order chi connectivity index (χ0) is 25.8. The van der Waals surface area contributed by atoms with Gasteiger partial charge in [-0.3, -0.25) is 14.0 Å². The van der Waals surface area contributed by atoms with Gasteiger partial charge in [-0.15, -0.1) is 10.2 Å². The molecule has 0 unspecified atom stereocenters. The van der Waals surface area contributed by atoms with Crippen LogP contribution in [0, 0.1) is 6.92 Å². The van der Waals surface area contributed by atoms with Crippen LogP contribution in [0.1, 0.15) is 17.0 Å². The summed E-state index contributed by atoms with van der Waals surface area (Å²) in [6, 6.07) is 18.3. The maximum Gasteiger partial charge on any atom is 0.315 e. The zero-order valence-electron chi connectivity index (χ0n) is 20.0. The lowest BCUT2D eigenvalue weighted by atomic mass is 10.1. The molecule has 3 N–H and O–H groups in total. The summed E-state index contributed by atoms with van der Waals surface area (Å²) in [5, 5.41) is 27.3. The highest BCUT2D eigenvalue weighted by atomic mass is 16.3. The quantitative estimate of drug-likeness (QED) is 0.294. The topological polar surface area (TPSA) is 139 Å². The van der Waals surface area contributed by atoms with Gasteiger partial charge in [0, 0.05) is 36.1 Å². The molecule has 186 valence electrons. The number of nitrogens with zero attached hydrogens (tertiary/aromatic N) is 6. The number of hydrogen-bond donors (Lipinski definition) is 3. The Kier molecular flexibility index (Phi) is 6.68. The Morgan fingerprint density at radius 3 is 2.54 bits per heavy atom. The average molecular weight is 497 g/mol. The molecule has 0 aliphatic carbocycles. The van der Waals surface area contributed by atoms with E-state index in [9.17, 15) is 14.7 Å². The number of aromatic nitrogens is 6.